The van der Waals surface area contributed by atoms with Crippen LogP contribution in [0.1, 0.15) is 33.1 Å². The number of carbonyl (C=O) groups excluding carboxylic acids is 2. The van der Waals surface area contributed by atoms with Crippen molar-refractivity contribution in [3.63, 3.8) is 0 Å². The summed E-state index contributed by atoms with van der Waals surface area (Å²) in [5, 5.41) is 13.9. The summed E-state index contributed by atoms with van der Waals surface area (Å²) in [6.07, 6.45) is 0.865. The van der Waals surface area contributed by atoms with Gasteiger partial charge in [0.2, 0.25) is 0 Å². The average molecular weight is 288 g/mol. The molecule has 3 N–H and O–H groups in total. The van der Waals surface area contributed by atoms with Crippen LogP contribution in [0.2, 0.25) is 0 Å². The molecule has 0 aromatic rings. The van der Waals surface area contributed by atoms with Gasteiger partial charge in [0.25, 0.3) is 0 Å². The predicted molar refractivity (Wildman–Crippen MR) is 73.2 cm³/mol. The molecular weight excluding hydrogens is 264 g/mol. The Kier molecular flexibility index (Phi) is 9.15. The largest absolute Gasteiger partial charge is 0.481 e. The lowest BCUT2D eigenvalue weighted by atomic mass is 9.94. The van der Waals surface area contributed by atoms with Crippen LogP contribution >= 0.6 is 0 Å². The molecule has 0 saturated heterocycles. The molecule has 0 aliphatic carbocycles. The van der Waals surface area contributed by atoms with Crippen molar-refractivity contribution in [2.75, 3.05) is 20.2 Å². The summed E-state index contributed by atoms with van der Waals surface area (Å²) < 4.78 is 4.44. The summed E-state index contributed by atoms with van der Waals surface area (Å²) in [6, 6.07) is -0.409. The number of esters is 1. The normalized spacial score (nSPS) is 11.8. The lowest BCUT2D eigenvalue weighted by Gasteiger charge is -2.18. The fourth-order valence-electron chi connectivity index (χ4n) is 1.83. The third kappa shape index (κ3) is 10.2. The predicted octanol–water partition coefficient (Wildman–Crippen LogP) is 0.986. The molecule has 0 bridgehead atoms. The van der Waals surface area contributed by atoms with Crippen LogP contribution in [-0.4, -0.2) is 43.3 Å². The molecule has 0 saturated carbocycles. The molecule has 0 aliphatic heterocycles. The van der Waals surface area contributed by atoms with Gasteiger partial charge in [0.1, 0.15) is 0 Å². The number of methoxy groups -OCH3 is 1. The third-order valence-corrected chi connectivity index (χ3v) is 2.66. The van der Waals surface area contributed by atoms with E-state index in [0.29, 0.717) is 12.5 Å². The van der Waals surface area contributed by atoms with Crippen molar-refractivity contribution in [1.82, 2.24) is 10.6 Å². The lowest BCUT2D eigenvalue weighted by Crippen LogP contribution is -2.39. The van der Waals surface area contributed by atoms with Gasteiger partial charge in [0.05, 0.1) is 13.5 Å². The number of hydrogen-bond donors (Lipinski definition) is 3. The summed E-state index contributed by atoms with van der Waals surface area (Å²) in [5.74, 6) is -1.00. The number of ether oxygens (including phenoxy) is 1. The molecular formula is C13H24N2O5. The van der Waals surface area contributed by atoms with E-state index in [1.54, 1.807) is 0 Å². The number of hydrogen-bond acceptors (Lipinski definition) is 4. The highest BCUT2D eigenvalue weighted by Crippen LogP contribution is 2.14. The number of carbonyl (C=O) groups is 3. The smallest absolute Gasteiger partial charge is 0.314 e. The topological polar surface area (TPSA) is 105 Å². The first-order valence-electron chi connectivity index (χ1n) is 6.65. The van der Waals surface area contributed by atoms with Gasteiger partial charge in [0, 0.05) is 19.5 Å². The zero-order valence-electron chi connectivity index (χ0n) is 12.3. The van der Waals surface area contributed by atoms with Gasteiger partial charge >= 0.3 is 18.0 Å². The van der Waals surface area contributed by atoms with Crippen molar-refractivity contribution in [3.05, 3.63) is 0 Å². The highest BCUT2D eigenvalue weighted by atomic mass is 16.5. The van der Waals surface area contributed by atoms with Gasteiger partial charge in [-0.05, 0) is 18.3 Å². The minimum Gasteiger partial charge on any atom is -0.481 e. The SMILES string of the molecule is COC(=O)CCNC(=O)NC[C@H](CC(=O)O)CC(C)C. The summed E-state index contributed by atoms with van der Waals surface area (Å²) in [7, 11) is 1.28. The second kappa shape index (κ2) is 10.1. The van der Waals surface area contributed by atoms with Crippen molar-refractivity contribution in [2.24, 2.45) is 11.8 Å². The van der Waals surface area contributed by atoms with E-state index in [1.807, 2.05) is 13.8 Å². The van der Waals surface area contributed by atoms with Gasteiger partial charge in [-0.2, -0.15) is 0 Å². The van der Waals surface area contributed by atoms with Crippen LogP contribution in [0.3, 0.4) is 0 Å². The molecule has 7 heteroatoms. The van der Waals surface area contributed by atoms with E-state index in [9.17, 15) is 14.4 Å². The molecule has 0 aromatic carbocycles. The Balaban J connectivity index is 3.97. The minimum absolute atomic E-state index is 0.0284. The van der Waals surface area contributed by atoms with Gasteiger partial charge in [-0.3, -0.25) is 9.59 Å². The van der Waals surface area contributed by atoms with Gasteiger partial charge < -0.3 is 20.5 Å². The maximum atomic E-state index is 11.5. The van der Waals surface area contributed by atoms with Crippen LogP contribution in [0.25, 0.3) is 0 Å². The molecule has 0 fully saturated rings. The monoisotopic (exact) mass is 288 g/mol. The fourth-order valence-corrected chi connectivity index (χ4v) is 1.83. The van der Waals surface area contributed by atoms with Crippen molar-refractivity contribution in [1.29, 1.82) is 0 Å². The van der Waals surface area contributed by atoms with Crippen molar-refractivity contribution in [3.8, 4) is 0 Å². The molecule has 7 nitrogen and oxygen atoms in total. The molecule has 0 rings (SSSR count). The highest BCUT2D eigenvalue weighted by Gasteiger charge is 2.16. The minimum atomic E-state index is -0.872. The molecule has 0 aromatic heterocycles. The van der Waals surface area contributed by atoms with E-state index in [1.165, 1.54) is 7.11 Å². The summed E-state index contributed by atoms with van der Waals surface area (Å²) in [5.41, 5.74) is 0. The molecule has 0 aliphatic rings. The summed E-state index contributed by atoms with van der Waals surface area (Å²) in [4.78, 5) is 33.0. The standard InChI is InChI=1S/C13H24N2O5/c1-9(2)6-10(7-11(16)17)8-15-13(19)14-5-4-12(18)20-3/h9-10H,4-8H2,1-3H3,(H,16,17)(H2,14,15,19)/t10-/m0/s1. The van der Waals surface area contributed by atoms with Gasteiger partial charge in [-0.25, -0.2) is 4.79 Å². The van der Waals surface area contributed by atoms with E-state index in [-0.39, 0.29) is 25.3 Å². The zero-order valence-corrected chi connectivity index (χ0v) is 12.3. The first-order chi connectivity index (χ1) is 9.35. The molecule has 2 amide bonds. The molecule has 0 spiro atoms. The van der Waals surface area contributed by atoms with E-state index in [2.05, 4.69) is 15.4 Å². The Hall–Kier alpha value is -1.79. The third-order valence-electron chi connectivity index (χ3n) is 2.66. The molecule has 0 heterocycles. The first-order valence-corrected chi connectivity index (χ1v) is 6.65. The molecule has 116 valence electrons. The second-order valence-corrected chi connectivity index (χ2v) is 5.06. The number of amides is 2. The maximum Gasteiger partial charge on any atom is 0.314 e. The van der Waals surface area contributed by atoms with Crippen LogP contribution in [-0.2, 0) is 14.3 Å². The van der Waals surface area contributed by atoms with Crippen molar-refractivity contribution >= 4 is 18.0 Å². The van der Waals surface area contributed by atoms with E-state index in [0.717, 1.165) is 6.42 Å². The van der Waals surface area contributed by atoms with Crippen LogP contribution in [0, 0.1) is 11.8 Å². The van der Waals surface area contributed by atoms with Gasteiger partial charge in [-0.1, -0.05) is 13.8 Å². The number of urea groups is 1. The molecule has 0 unspecified atom stereocenters. The quantitative estimate of drug-likeness (QED) is 0.549. The number of aliphatic carboxylic acids is 1. The van der Waals surface area contributed by atoms with Gasteiger partial charge in [-0.15, -0.1) is 0 Å². The van der Waals surface area contributed by atoms with Crippen molar-refractivity contribution < 1.29 is 24.2 Å². The Morgan fingerprint density at radius 2 is 1.85 bits per heavy atom. The number of nitrogens with one attached hydrogen (secondary N) is 2. The van der Waals surface area contributed by atoms with E-state index >= 15 is 0 Å². The second-order valence-electron chi connectivity index (χ2n) is 5.06. The zero-order chi connectivity index (χ0) is 15.5. The number of rotatable bonds is 9. The van der Waals surface area contributed by atoms with Crippen LogP contribution in [0.4, 0.5) is 4.79 Å². The Bertz CT molecular complexity index is 331. The summed E-state index contributed by atoms with van der Waals surface area (Å²) >= 11 is 0. The Labute approximate surface area is 119 Å². The fraction of sp³-hybridized carbons (Fsp3) is 0.769. The Morgan fingerprint density at radius 1 is 1.20 bits per heavy atom. The van der Waals surface area contributed by atoms with Crippen LogP contribution in [0.5, 0.6) is 0 Å². The number of carboxylic acid groups (broad SMARTS) is 1. The molecule has 0 radical (unpaired) electrons. The summed E-state index contributed by atoms with van der Waals surface area (Å²) in [6.45, 7) is 4.50. The average Bonchev–Trinajstić information content (AvgIpc) is 2.34. The van der Waals surface area contributed by atoms with Crippen molar-refractivity contribution in [2.45, 2.75) is 33.1 Å². The first kappa shape index (κ1) is 18.2. The lowest BCUT2D eigenvalue weighted by molar-refractivity contribution is -0.140. The molecule has 1 atom stereocenters. The van der Waals surface area contributed by atoms with Gasteiger partial charge in [0.15, 0.2) is 0 Å². The van der Waals surface area contributed by atoms with E-state index < -0.39 is 18.0 Å². The van der Waals surface area contributed by atoms with E-state index in [4.69, 9.17) is 5.11 Å². The maximum absolute atomic E-state index is 11.5. The van der Waals surface area contributed by atoms with Crippen LogP contribution in [0.15, 0.2) is 0 Å². The van der Waals surface area contributed by atoms with Crippen LogP contribution < -0.4 is 10.6 Å². The number of carboxylic acids is 1. The molecule has 20 heavy (non-hydrogen) atoms. The Morgan fingerprint density at radius 3 is 2.35 bits per heavy atom. The highest BCUT2D eigenvalue weighted by molar-refractivity contribution is 5.75.